The van der Waals surface area contributed by atoms with Crippen LogP contribution >= 0.6 is 0 Å². The number of sulfonamides is 1. The van der Waals surface area contributed by atoms with E-state index in [2.05, 4.69) is 11.1 Å². The fourth-order valence-electron chi connectivity index (χ4n) is 5.63. The quantitative estimate of drug-likeness (QED) is 0.232. The fraction of sp³-hybridized carbons (Fsp3) is 0.182. The molecule has 1 aromatic heterocycles. The molecule has 4 aromatic carbocycles. The molecular formula is C33H31N3O4S. The minimum atomic E-state index is -3.70. The van der Waals surface area contributed by atoms with Gasteiger partial charge in [-0.25, -0.2) is 8.42 Å². The Labute approximate surface area is 239 Å². The zero-order chi connectivity index (χ0) is 28.6. The third kappa shape index (κ3) is 5.24. The number of H-pyrrole nitrogens is 1. The van der Waals surface area contributed by atoms with E-state index in [9.17, 15) is 13.2 Å². The molecule has 1 saturated heterocycles. The Bertz CT molecular complexity index is 1840. The molecule has 0 saturated carbocycles. The summed E-state index contributed by atoms with van der Waals surface area (Å²) < 4.78 is 34.7. The van der Waals surface area contributed by atoms with Gasteiger partial charge in [-0.1, -0.05) is 54.6 Å². The number of primary amides is 1. The lowest BCUT2D eigenvalue weighted by atomic mass is 9.88. The van der Waals surface area contributed by atoms with Crippen LogP contribution in [0.2, 0.25) is 0 Å². The van der Waals surface area contributed by atoms with Crippen molar-refractivity contribution in [1.82, 2.24) is 9.29 Å². The number of amides is 1. The van der Waals surface area contributed by atoms with Crippen LogP contribution in [0.25, 0.3) is 22.0 Å². The zero-order valence-corrected chi connectivity index (χ0v) is 23.5. The average molecular weight is 566 g/mol. The molecule has 5 aromatic rings. The number of nitrogens with one attached hydrogen (secondary N) is 1. The smallest absolute Gasteiger partial charge is 0.250 e. The number of carbonyl (C=O) groups is 1. The van der Waals surface area contributed by atoms with Crippen molar-refractivity contribution in [2.45, 2.75) is 30.6 Å². The molecule has 1 aliphatic rings. The van der Waals surface area contributed by atoms with E-state index < -0.39 is 15.9 Å². The van der Waals surface area contributed by atoms with Gasteiger partial charge in [0.25, 0.3) is 5.91 Å². The van der Waals surface area contributed by atoms with Gasteiger partial charge in [-0.15, -0.1) is 0 Å². The van der Waals surface area contributed by atoms with Crippen molar-refractivity contribution in [2.24, 2.45) is 5.73 Å². The van der Waals surface area contributed by atoms with Gasteiger partial charge < -0.3 is 15.5 Å². The largest absolute Gasteiger partial charge is 0.457 e. The number of rotatable bonds is 7. The molecule has 1 aliphatic heterocycles. The number of aromatic nitrogens is 1. The highest BCUT2D eigenvalue weighted by Crippen LogP contribution is 2.38. The van der Waals surface area contributed by atoms with Gasteiger partial charge in [0.2, 0.25) is 10.0 Å². The van der Waals surface area contributed by atoms with Gasteiger partial charge in [0.15, 0.2) is 0 Å². The van der Waals surface area contributed by atoms with E-state index in [-0.39, 0.29) is 10.8 Å². The summed E-state index contributed by atoms with van der Waals surface area (Å²) in [7, 11) is -3.70. The van der Waals surface area contributed by atoms with Crippen LogP contribution in [0, 0.1) is 6.92 Å². The average Bonchev–Trinajstić information content (AvgIpc) is 3.42. The number of nitrogens with zero attached hydrogens (tertiary/aromatic N) is 1. The molecule has 3 N–H and O–H groups in total. The number of para-hydroxylation sites is 1. The van der Waals surface area contributed by atoms with Gasteiger partial charge in [0.1, 0.15) is 11.5 Å². The molecule has 0 bridgehead atoms. The molecule has 6 rings (SSSR count). The number of nitrogens with two attached hydrogens (primary N) is 1. The Balaban J connectivity index is 1.23. The molecule has 2 heterocycles. The SMILES string of the molecule is Cc1ccccc1Oc1cccc(S(=O)(=O)N2CCC(c3c[nH]c4c(C(N)=O)cc(-c5ccccc5)cc34)CC2)c1. The standard InChI is InChI=1S/C33H31N3O4S/c1-22-8-5-6-13-31(22)40-26-11-7-12-27(20-26)41(38,39)36-16-14-24(15-17-36)30-21-35-32-28(30)18-25(19-29(32)33(34)37)23-9-3-2-4-10-23/h2-13,18-21,24,35H,14-17H2,1H3,(H2,34,37). The van der Waals surface area contributed by atoms with Crippen LogP contribution < -0.4 is 10.5 Å². The maximum Gasteiger partial charge on any atom is 0.250 e. The van der Waals surface area contributed by atoms with Crippen molar-refractivity contribution in [3.63, 3.8) is 0 Å². The van der Waals surface area contributed by atoms with Crippen LogP contribution in [0.15, 0.2) is 102 Å². The molecular weight excluding hydrogens is 534 g/mol. The molecule has 0 atom stereocenters. The van der Waals surface area contributed by atoms with Crippen molar-refractivity contribution >= 4 is 26.8 Å². The maximum atomic E-state index is 13.6. The van der Waals surface area contributed by atoms with Crippen molar-refractivity contribution in [3.8, 4) is 22.6 Å². The number of aromatic amines is 1. The Kier molecular flexibility index (Phi) is 7.11. The lowest BCUT2D eigenvalue weighted by Gasteiger charge is -2.31. The number of aryl methyl sites for hydroxylation is 1. The summed E-state index contributed by atoms with van der Waals surface area (Å²) >= 11 is 0. The number of hydrogen-bond acceptors (Lipinski definition) is 4. The van der Waals surface area contributed by atoms with E-state index in [1.165, 1.54) is 0 Å². The number of carbonyl (C=O) groups excluding carboxylic acids is 1. The minimum absolute atomic E-state index is 0.137. The Morgan fingerprint density at radius 2 is 1.63 bits per heavy atom. The molecule has 0 spiro atoms. The van der Waals surface area contributed by atoms with Gasteiger partial charge in [-0.2, -0.15) is 4.31 Å². The highest BCUT2D eigenvalue weighted by molar-refractivity contribution is 7.89. The van der Waals surface area contributed by atoms with E-state index >= 15 is 0 Å². The topological polar surface area (TPSA) is 105 Å². The second kappa shape index (κ2) is 10.9. The number of fused-ring (bicyclic) bond motifs is 1. The first-order chi connectivity index (χ1) is 19.8. The third-order valence-electron chi connectivity index (χ3n) is 7.85. The van der Waals surface area contributed by atoms with Crippen molar-refractivity contribution in [3.05, 3.63) is 114 Å². The minimum Gasteiger partial charge on any atom is -0.457 e. The molecule has 41 heavy (non-hydrogen) atoms. The fourth-order valence-corrected chi connectivity index (χ4v) is 7.14. The lowest BCUT2D eigenvalue weighted by Crippen LogP contribution is -2.37. The van der Waals surface area contributed by atoms with Gasteiger partial charge in [0, 0.05) is 30.7 Å². The van der Waals surface area contributed by atoms with Crippen molar-refractivity contribution in [2.75, 3.05) is 13.1 Å². The molecule has 1 fully saturated rings. The van der Waals surface area contributed by atoms with E-state index in [1.807, 2.05) is 73.8 Å². The van der Waals surface area contributed by atoms with Gasteiger partial charge >= 0.3 is 0 Å². The molecule has 1 amide bonds. The summed E-state index contributed by atoms with van der Waals surface area (Å²) in [6, 6.07) is 28.1. The number of ether oxygens (including phenoxy) is 1. The molecule has 0 radical (unpaired) electrons. The first-order valence-corrected chi connectivity index (χ1v) is 15.1. The number of benzene rings is 4. The molecule has 8 heteroatoms. The predicted octanol–water partition coefficient (Wildman–Crippen LogP) is 6.60. The van der Waals surface area contributed by atoms with Crippen LogP contribution in [-0.2, 0) is 10.0 Å². The van der Waals surface area contributed by atoms with Crippen LogP contribution in [0.4, 0.5) is 0 Å². The number of hydrogen-bond donors (Lipinski definition) is 2. The zero-order valence-electron chi connectivity index (χ0n) is 22.7. The van der Waals surface area contributed by atoms with E-state index in [4.69, 9.17) is 10.5 Å². The highest BCUT2D eigenvalue weighted by atomic mass is 32.2. The lowest BCUT2D eigenvalue weighted by molar-refractivity contribution is 0.100. The second-order valence-corrected chi connectivity index (χ2v) is 12.4. The Hall–Kier alpha value is -4.40. The molecule has 208 valence electrons. The summed E-state index contributed by atoms with van der Waals surface area (Å²) in [6.45, 7) is 2.73. The third-order valence-corrected chi connectivity index (χ3v) is 9.75. The first-order valence-electron chi connectivity index (χ1n) is 13.7. The van der Waals surface area contributed by atoms with E-state index in [0.717, 1.165) is 27.6 Å². The van der Waals surface area contributed by atoms with E-state index in [1.54, 1.807) is 28.6 Å². The Morgan fingerprint density at radius 1 is 0.902 bits per heavy atom. The predicted molar refractivity (Wildman–Crippen MR) is 161 cm³/mol. The maximum absolute atomic E-state index is 13.6. The first kappa shape index (κ1) is 26.8. The van der Waals surface area contributed by atoms with Gasteiger partial charge in [0.05, 0.1) is 16.0 Å². The van der Waals surface area contributed by atoms with Gasteiger partial charge in [-0.3, -0.25) is 4.79 Å². The summed E-state index contributed by atoms with van der Waals surface area (Å²) in [5.41, 5.74) is 10.9. The summed E-state index contributed by atoms with van der Waals surface area (Å²) in [4.78, 5) is 15.8. The van der Waals surface area contributed by atoms with Crippen LogP contribution in [0.5, 0.6) is 11.5 Å². The van der Waals surface area contributed by atoms with E-state index in [0.29, 0.717) is 48.5 Å². The highest BCUT2D eigenvalue weighted by Gasteiger charge is 2.31. The molecule has 0 unspecified atom stereocenters. The molecule has 0 aliphatic carbocycles. The summed E-state index contributed by atoms with van der Waals surface area (Å²) in [5, 5.41) is 0.947. The van der Waals surface area contributed by atoms with Crippen molar-refractivity contribution in [1.29, 1.82) is 0 Å². The summed E-state index contributed by atoms with van der Waals surface area (Å²) in [5.74, 6) is 0.818. The van der Waals surface area contributed by atoms with Gasteiger partial charge in [-0.05, 0) is 78.3 Å². The van der Waals surface area contributed by atoms with Crippen LogP contribution in [-0.4, -0.2) is 36.7 Å². The monoisotopic (exact) mass is 565 g/mol. The molecule has 7 nitrogen and oxygen atoms in total. The van der Waals surface area contributed by atoms with Crippen molar-refractivity contribution < 1.29 is 17.9 Å². The normalized spacial score (nSPS) is 14.8. The summed E-state index contributed by atoms with van der Waals surface area (Å²) in [6.07, 6.45) is 3.26. The van der Waals surface area contributed by atoms with Crippen LogP contribution in [0.1, 0.15) is 40.2 Å². The Morgan fingerprint density at radius 3 is 2.37 bits per heavy atom. The van der Waals surface area contributed by atoms with Crippen LogP contribution in [0.3, 0.4) is 0 Å². The number of piperidine rings is 1. The second-order valence-electron chi connectivity index (χ2n) is 10.4.